The second-order valence-corrected chi connectivity index (χ2v) is 22.5. The number of alkyl carbamates (subject to hydrolysis) is 1. The summed E-state index contributed by atoms with van der Waals surface area (Å²) in [6.07, 6.45) is 5.31. The number of fused-ring (bicyclic) bond motifs is 4. The predicted octanol–water partition coefficient (Wildman–Crippen LogP) is 2.26. The molecule has 24 nitrogen and oxygen atoms in total. The Bertz CT molecular complexity index is 3090. The van der Waals surface area contributed by atoms with Crippen molar-refractivity contribution in [3.8, 4) is 11.1 Å². The quantitative estimate of drug-likeness (QED) is 0.0284. The van der Waals surface area contributed by atoms with Crippen molar-refractivity contribution in [2.45, 2.75) is 121 Å². The Morgan fingerprint density at radius 3 is 1.88 bits per heavy atom. The van der Waals surface area contributed by atoms with Crippen LogP contribution in [0.2, 0.25) is 0 Å². The smallest absolute Gasteiger partial charge is 0.407 e. The molecule has 84 heavy (non-hydrogen) atoms. The molecule has 8 atom stereocenters. The van der Waals surface area contributed by atoms with Crippen LogP contribution < -0.4 is 53.4 Å². The number of imidazole rings is 1. The molecule has 0 saturated heterocycles. The molecule has 6 rings (SSSR count). The number of benzene rings is 3. The molecule has 10 amide bonds. The lowest BCUT2D eigenvalue weighted by atomic mass is 9.98. The number of nitrogens with zero attached hydrogens (tertiary/aromatic N) is 1. The van der Waals surface area contributed by atoms with Crippen molar-refractivity contribution in [3.63, 3.8) is 0 Å². The molecule has 2 heterocycles. The minimum absolute atomic E-state index is 0.0655. The number of ether oxygens (including phenoxy) is 1. The number of aromatic amines is 2. The van der Waals surface area contributed by atoms with E-state index < -0.39 is 114 Å². The van der Waals surface area contributed by atoms with E-state index in [1.807, 2.05) is 86.8 Å². The van der Waals surface area contributed by atoms with Gasteiger partial charge in [-0.2, -0.15) is 11.8 Å². The summed E-state index contributed by atoms with van der Waals surface area (Å²) < 4.78 is 5.72. The maximum atomic E-state index is 14.3. The van der Waals surface area contributed by atoms with Crippen molar-refractivity contribution in [3.05, 3.63) is 114 Å². The normalized spacial score (nSPS) is 14.2. The summed E-state index contributed by atoms with van der Waals surface area (Å²) in [5.74, 6) is -6.83. The fourth-order valence-corrected chi connectivity index (χ4v) is 10.4. The van der Waals surface area contributed by atoms with Crippen molar-refractivity contribution in [1.82, 2.24) is 62.6 Å². The molecule has 0 aliphatic heterocycles. The third-order valence-electron chi connectivity index (χ3n) is 14.1. The van der Waals surface area contributed by atoms with Crippen molar-refractivity contribution < 1.29 is 52.7 Å². The van der Waals surface area contributed by atoms with E-state index in [0.29, 0.717) is 23.4 Å². The highest BCUT2D eigenvalue weighted by atomic mass is 32.2. The van der Waals surface area contributed by atoms with Gasteiger partial charge in [-0.25, -0.2) is 9.78 Å². The van der Waals surface area contributed by atoms with Gasteiger partial charge >= 0.3 is 6.09 Å². The summed E-state index contributed by atoms with van der Waals surface area (Å²) in [6, 6.07) is 14.3. The largest absolute Gasteiger partial charge is 0.449 e. The summed E-state index contributed by atoms with van der Waals surface area (Å²) in [6.45, 7) is 7.69. The van der Waals surface area contributed by atoms with E-state index in [4.69, 9.17) is 10.5 Å². The Hall–Kier alpha value is -8.31. The van der Waals surface area contributed by atoms with Gasteiger partial charge in [-0.3, -0.25) is 43.2 Å². The molecule has 2 aromatic heterocycles. The molecular formula is C58H76N13O11PS. The molecule has 0 spiro atoms. The zero-order valence-corrected chi connectivity index (χ0v) is 49.8. The lowest BCUT2D eigenvalue weighted by Crippen LogP contribution is -2.59. The zero-order chi connectivity index (χ0) is 61.0. The Morgan fingerprint density at radius 1 is 0.655 bits per heavy atom. The highest BCUT2D eigenvalue weighted by Crippen LogP contribution is 2.44. The first kappa shape index (κ1) is 64.9. The minimum Gasteiger partial charge on any atom is -0.449 e. The number of primary amides is 1. The van der Waals surface area contributed by atoms with Crippen LogP contribution in [0.4, 0.5) is 4.79 Å². The van der Waals surface area contributed by atoms with Crippen LogP contribution in [0.5, 0.6) is 0 Å². The summed E-state index contributed by atoms with van der Waals surface area (Å²) >= 11 is 1.50. The molecule has 1 aliphatic carbocycles. The van der Waals surface area contributed by atoms with Crippen LogP contribution in [0.3, 0.4) is 0 Å². The lowest BCUT2D eigenvalue weighted by Gasteiger charge is -2.27. The number of amides is 10. The van der Waals surface area contributed by atoms with E-state index in [1.165, 1.54) is 31.2 Å². The van der Waals surface area contributed by atoms with Crippen LogP contribution in [0, 0.1) is 11.8 Å². The van der Waals surface area contributed by atoms with E-state index >= 15 is 0 Å². The van der Waals surface area contributed by atoms with Gasteiger partial charge in [-0.05, 0) is 93.3 Å². The molecule has 5 aromatic rings. The van der Waals surface area contributed by atoms with Crippen LogP contribution >= 0.6 is 21.2 Å². The number of rotatable bonds is 31. The van der Waals surface area contributed by atoms with Gasteiger partial charge in [0.15, 0.2) is 0 Å². The van der Waals surface area contributed by atoms with Crippen LogP contribution in [-0.4, -0.2) is 142 Å². The Balaban J connectivity index is 1.10. The highest BCUT2D eigenvalue weighted by Gasteiger charge is 2.35. The fourth-order valence-electron chi connectivity index (χ4n) is 9.73. The number of carbonyl (C=O) groups is 10. The van der Waals surface area contributed by atoms with Gasteiger partial charge in [-0.15, -0.1) is 0 Å². The van der Waals surface area contributed by atoms with Crippen LogP contribution in [-0.2, 0) is 60.7 Å². The number of H-pyrrole nitrogens is 2. The number of nitrogens with one attached hydrogen (secondary N) is 11. The van der Waals surface area contributed by atoms with Gasteiger partial charge in [-0.1, -0.05) is 94.4 Å². The van der Waals surface area contributed by atoms with Gasteiger partial charge in [0, 0.05) is 48.5 Å². The van der Waals surface area contributed by atoms with Crippen LogP contribution in [0.15, 0.2) is 91.5 Å². The summed E-state index contributed by atoms with van der Waals surface area (Å²) in [7, 11) is 2.11. The summed E-state index contributed by atoms with van der Waals surface area (Å²) in [4.78, 5) is 146. The number of hydrogen-bond acceptors (Lipinski definition) is 13. The topological polar surface area (TPSA) is 359 Å². The maximum absolute atomic E-state index is 14.3. The third-order valence-corrected chi connectivity index (χ3v) is 15.1. The van der Waals surface area contributed by atoms with E-state index in [0.717, 1.165) is 33.2 Å². The van der Waals surface area contributed by atoms with Crippen molar-refractivity contribution in [2.24, 2.45) is 17.6 Å². The van der Waals surface area contributed by atoms with E-state index in [-0.39, 0.29) is 50.5 Å². The van der Waals surface area contributed by atoms with Crippen molar-refractivity contribution >= 4 is 91.3 Å². The summed E-state index contributed by atoms with van der Waals surface area (Å²) in [5.41, 5.74) is 11.2. The first-order chi connectivity index (χ1) is 40.2. The van der Waals surface area contributed by atoms with Gasteiger partial charge in [0.25, 0.3) is 0 Å². The zero-order valence-electron chi connectivity index (χ0n) is 47.8. The minimum atomic E-state index is -1.40. The average molecular weight is 1190 g/mol. The monoisotopic (exact) mass is 1190 g/mol. The molecule has 450 valence electrons. The first-order valence-electron chi connectivity index (χ1n) is 27.7. The predicted molar refractivity (Wildman–Crippen MR) is 320 cm³/mol. The number of carbonyl (C=O) groups excluding carboxylic acids is 10. The number of hydrogen-bond donors (Lipinski definition) is 12. The molecule has 0 saturated carbocycles. The third kappa shape index (κ3) is 18.3. The highest BCUT2D eigenvalue weighted by molar-refractivity contribution is 7.98. The van der Waals surface area contributed by atoms with Gasteiger partial charge in [0.1, 0.15) is 48.9 Å². The molecule has 0 fully saturated rings. The fraction of sp³-hybridized carbons (Fsp3) is 0.431. The molecule has 7 unspecified atom stereocenters. The SMILES string of the molecule is CSCCC(NC(=O)[C@H](CC(C)C)NC(=O)C(Cc1c[nH]cn1)NC(=O)CNC(=O)C(NC(=O)C(C)NC(=O)C(Cc1c[nH]c2ccccc12)NC(=O)C(CCC(N)=O)NC(=O)OCC1c2ccccc2-c2ccccc21)C(C)C)C(=O)NP. The molecule has 1 aliphatic rings. The van der Waals surface area contributed by atoms with E-state index in [9.17, 15) is 47.9 Å². The number of thioether (sulfide) groups is 1. The van der Waals surface area contributed by atoms with Crippen LogP contribution in [0.1, 0.15) is 88.6 Å². The molecule has 3 aromatic carbocycles. The Labute approximate surface area is 493 Å². The standard InChI is InChI=1S/C58H76N13O11PS/c1-31(2)23-45(54(77)66-44(21-22-84-6)56(79)71-83)67-55(78)47(25-35-27-60-30-63-35)65-49(73)28-62-57(80)50(32(3)4)70-51(74)33(5)64-53(76)46(24-34-26-61-42-18-12-11-13-36(34)42)68-52(75)43(19-20-48(59)72)69-58(81)82-29-41-39-16-9-7-14-37(39)38-15-8-10-17-40(38)41/h7-18,26-27,30-33,41,43-47,50,61H,19-25,28-29,83H2,1-6H3,(H2,59,72)(H,60,63)(H,62,80)(H,64,76)(H,65,73)(H,66,77)(H,67,78)(H,68,75)(H,69,81)(H,70,74)(H,71,79)/t33?,43?,44?,45-,46?,47?,50?/m0/s1. The first-order valence-corrected chi connectivity index (χ1v) is 29.7. The maximum Gasteiger partial charge on any atom is 0.407 e. The van der Waals surface area contributed by atoms with E-state index in [2.05, 4.69) is 72.0 Å². The van der Waals surface area contributed by atoms with Crippen LogP contribution in [0.25, 0.3) is 22.0 Å². The van der Waals surface area contributed by atoms with Gasteiger partial charge < -0.3 is 68.1 Å². The van der Waals surface area contributed by atoms with Gasteiger partial charge in [0.2, 0.25) is 53.2 Å². The molecular weight excluding hydrogens is 1120 g/mol. The molecule has 26 heteroatoms. The van der Waals surface area contributed by atoms with Gasteiger partial charge in [0.05, 0.1) is 18.6 Å². The van der Waals surface area contributed by atoms with Crippen molar-refractivity contribution in [2.75, 3.05) is 25.2 Å². The number of nitrogens with two attached hydrogens (primary N) is 1. The Morgan fingerprint density at radius 2 is 1.25 bits per heavy atom. The Kier molecular flexibility index (Phi) is 24.2. The lowest BCUT2D eigenvalue weighted by molar-refractivity contribution is -0.135. The second kappa shape index (κ2) is 31.4. The molecule has 13 N–H and O–H groups in total. The molecule has 0 radical (unpaired) electrons. The number of para-hydroxylation sites is 1. The van der Waals surface area contributed by atoms with E-state index in [1.54, 1.807) is 26.1 Å². The second-order valence-electron chi connectivity index (χ2n) is 21.3. The average Bonchev–Trinajstić information content (AvgIpc) is 4.43. The molecule has 0 bridgehead atoms. The number of aromatic nitrogens is 3. The van der Waals surface area contributed by atoms with Crippen molar-refractivity contribution in [1.29, 1.82) is 0 Å². The summed E-state index contributed by atoms with van der Waals surface area (Å²) in [5, 5.41) is 24.4.